The van der Waals surface area contributed by atoms with Crippen LogP contribution in [0.25, 0.3) is 0 Å². The van der Waals surface area contributed by atoms with Gasteiger partial charge < -0.3 is 8.85 Å². The van der Waals surface area contributed by atoms with E-state index in [1.54, 1.807) is 0 Å². The maximum Gasteiger partial charge on any atom is 0.349 e. The number of rotatable bonds is 8. The van der Waals surface area contributed by atoms with Crippen LogP contribution < -0.4 is 0 Å². The molecule has 19 heavy (non-hydrogen) atoms. The summed E-state index contributed by atoms with van der Waals surface area (Å²) in [6.45, 7) is 19.8. The van der Waals surface area contributed by atoms with E-state index in [9.17, 15) is 0 Å². The molecule has 0 aromatic carbocycles. The van der Waals surface area contributed by atoms with Gasteiger partial charge in [0, 0.05) is 23.3 Å². The molecule has 0 saturated carbocycles. The first kappa shape index (κ1) is 19.1. The Morgan fingerprint density at radius 2 is 1.00 bits per heavy atom. The molecule has 2 nitrogen and oxygen atoms in total. The average Bonchev–Trinajstić information content (AvgIpc) is 2.24. The summed E-state index contributed by atoms with van der Waals surface area (Å²) >= 11 is 0. The molecule has 0 heterocycles. The Kier molecular flexibility index (Phi) is 7.85. The Morgan fingerprint density at radius 1 is 0.684 bits per heavy atom. The van der Waals surface area contributed by atoms with Crippen molar-refractivity contribution in [2.75, 3.05) is 13.2 Å². The lowest BCUT2D eigenvalue weighted by atomic mass is 10.2. The second-order valence-electron chi connectivity index (χ2n) is 7.52. The Labute approximate surface area is 122 Å². The van der Waals surface area contributed by atoms with Gasteiger partial charge in [-0.3, -0.25) is 0 Å². The molecule has 3 heteroatoms. The van der Waals surface area contributed by atoms with Gasteiger partial charge in [0.1, 0.15) is 0 Å². The van der Waals surface area contributed by atoms with Gasteiger partial charge in [-0.25, -0.2) is 0 Å². The van der Waals surface area contributed by atoms with E-state index in [0.717, 1.165) is 26.1 Å². The summed E-state index contributed by atoms with van der Waals surface area (Å²) in [5.41, 5.74) is 0. The van der Waals surface area contributed by atoms with Gasteiger partial charge in [0.15, 0.2) is 0 Å². The summed E-state index contributed by atoms with van der Waals surface area (Å²) in [5.74, 6) is 0. The van der Waals surface area contributed by atoms with Gasteiger partial charge in [-0.2, -0.15) is 0 Å². The van der Waals surface area contributed by atoms with E-state index in [-0.39, 0.29) is 10.1 Å². The van der Waals surface area contributed by atoms with Crippen molar-refractivity contribution in [1.82, 2.24) is 0 Å². The summed E-state index contributed by atoms with van der Waals surface area (Å²) in [4.78, 5) is 0. The zero-order valence-corrected chi connectivity index (χ0v) is 15.6. The zero-order chi connectivity index (χ0) is 15.2. The fraction of sp³-hybridized carbons (Fsp3) is 1.00. The van der Waals surface area contributed by atoms with Crippen molar-refractivity contribution < 1.29 is 8.85 Å². The molecular weight excluding hydrogens is 252 g/mol. The van der Waals surface area contributed by atoms with Gasteiger partial charge in [-0.15, -0.1) is 0 Å². The third-order valence-corrected chi connectivity index (χ3v) is 8.75. The first-order valence-electron chi connectivity index (χ1n) is 7.90. The molecule has 116 valence electrons. The van der Waals surface area contributed by atoms with Gasteiger partial charge in [0.2, 0.25) is 0 Å². The normalized spacial score (nSPS) is 13.9. The highest BCUT2D eigenvalue weighted by atomic mass is 28.4. The van der Waals surface area contributed by atoms with Gasteiger partial charge in [-0.05, 0) is 12.8 Å². The summed E-state index contributed by atoms with van der Waals surface area (Å²) in [7, 11) is -2.27. The number of hydrogen-bond acceptors (Lipinski definition) is 2. The molecule has 0 aromatic rings. The largest absolute Gasteiger partial charge is 0.394 e. The molecule has 0 bridgehead atoms. The molecule has 0 atom stereocenters. The summed E-state index contributed by atoms with van der Waals surface area (Å²) in [6, 6.07) is 0. The molecule has 0 aliphatic heterocycles. The molecular formula is C16H36O2Si. The van der Waals surface area contributed by atoms with E-state index >= 15 is 0 Å². The Balaban J connectivity index is 5.11. The quantitative estimate of drug-likeness (QED) is 0.423. The van der Waals surface area contributed by atoms with E-state index in [2.05, 4.69) is 55.4 Å². The van der Waals surface area contributed by atoms with Crippen molar-refractivity contribution in [2.24, 2.45) is 0 Å². The van der Waals surface area contributed by atoms with Crippen molar-refractivity contribution in [3.63, 3.8) is 0 Å². The lowest BCUT2D eigenvalue weighted by molar-refractivity contribution is 0.122. The van der Waals surface area contributed by atoms with E-state index in [1.165, 1.54) is 12.8 Å². The molecule has 0 spiro atoms. The van der Waals surface area contributed by atoms with Crippen molar-refractivity contribution in [3.05, 3.63) is 0 Å². The third-order valence-electron chi connectivity index (χ3n) is 3.58. The van der Waals surface area contributed by atoms with Crippen LogP contribution in [0.1, 0.15) is 81.1 Å². The van der Waals surface area contributed by atoms with Gasteiger partial charge in [-0.1, -0.05) is 68.2 Å². The second-order valence-corrected chi connectivity index (χ2v) is 12.3. The van der Waals surface area contributed by atoms with Crippen molar-refractivity contribution >= 4 is 8.56 Å². The van der Waals surface area contributed by atoms with Crippen LogP contribution in [0.4, 0.5) is 0 Å². The predicted molar refractivity (Wildman–Crippen MR) is 86.9 cm³/mol. The highest BCUT2D eigenvalue weighted by Gasteiger charge is 2.57. The maximum absolute atomic E-state index is 6.46. The van der Waals surface area contributed by atoms with Crippen LogP contribution in [0.5, 0.6) is 0 Å². The maximum atomic E-state index is 6.46. The molecule has 0 N–H and O–H groups in total. The van der Waals surface area contributed by atoms with E-state index in [1.807, 2.05) is 0 Å². The van der Waals surface area contributed by atoms with Crippen LogP contribution in [-0.4, -0.2) is 21.8 Å². The number of unbranched alkanes of at least 4 members (excludes halogenated alkanes) is 2. The first-order chi connectivity index (χ1) is 8.62. The minimum atomic E-state index is -2.27. The van der Waals surface area contributed by atoms with Gasteiger partial charge >= 0.3 is 8.56 Å². The zero-order valence-electron chi connectivity index (χ0n) is 14.6. The highest BCUT2D eigenvalue weighted by Crippen LogP contribution is 2.52. The average molecular weight is 289 g/mol. The molecule has 0 aliphatic rings. The molecule has 0 saturated heterocycles. The third kappa shape index (κ3) is 5.20. The minimum absolute atomic E-state index is 0.0900. The van der Waals surface area contributed by atoms with Crippen molar-refractivity contribution in [3.8, 4) is 0 Å². The summed E-state index contributed by atoms with van der Waals surface area (Å²) < 4.78 is 12.9. The van der Waals surface area contributed by atoms with Gasteiger partial charge in [0.05, 0.1) is 0 Å². The smallest absolute Gasteiger partial charge is 0.349 e. The molecule has 0 unspecified atom stereocenters. The molecule has 0 aromatic heterocycles. The molecule has 0 fully saturated rings. The van der Waals surface area contributed by atoms with E-state index in [4.69, 9.17) is 8.85 Å². The molecule has 0 amide bonds. The fourth-order valence-electron chi connectivity index (χ4n) is 2.75. The topological polar surface area (TPSA) is 18.5 Å². The van der Waals surface area contributed by atoms with E-state index < -0.39 is 8.56 Å². The second kappa shape index (κ2) is 7.80. The molecule has 0 rings (SSSR count). The predicted octanol–water partition coefficient (Wildman–Crippen LogP) is 5.66. The number of hydrogen-bond donors (Lipinski definition) is 0. The van der Waals surface area contributed by atoms with Crippen LogP contribution in [0, 0.1) is 0 Å². The molecule has 0 radical (unpaired) electrons. The summed E-state index contributed by atoms with van der Waals surface area (Å²) in [5, 5.41) is 0.180. The standard InChI is InChI=1S/C16H36O2Si/c1-9-11-13-17-19(15(3,4)5,16(6,7)8)18-14-12-10-2/h9-14H2,1-8H3. The molecule has 0 aliphatic carbocycles. The lowest BCUT2D eigenvalue weighted by Crippen LogP contribution is -2.57. The first-order valence-corrected chi connectivity index (χ1v) is 9.72. The van der Waals surface area contributed by atoms with Crippen LogP contribution in [0.15, 0.2) is 0 Å². The SMILES string of the molecule is CCCCO[Si](OCCCC)(C(C)(C)C)C(C)(C)C. The Morgan fingerprint density at radius 3 is 1.21 bits per heavy atom. The highest BCUT2D eigenvalue weighted by molar-refractivity contribution is 6.73. The van der Waals surface area contributed by atoms with Crippen LogP contribution in [0.2, 0.25) is 10.1 Å². The monoisotopic (exact) mass is 288 g/mol. The van der Waals surface area contributed by atoms with E-state index in [0.29, 0.717) is 0 Å². The van der Waals surface area contributed by atoms with Crippen LogP contribution in [0.3, 0.4) is 0 Å². The lowest BCUT2D eigenvalue weighted by Gasteiger charge is -2.49. The van der Waals surface area contributed by atoms with Crippen LogP contribution >= 0.6 is 0 Å². The van der Waals surface area contributed by atoms with Crippen LogP contribution in [-0.2, 0) is 8.85 Å². The summed E-state index contributed by atoms with van der Waals surface area (Å²) in [6.07, 6.45) is 4.59. The van der Waals surface area contributed by atoms with Crippen molar-refractivity contribution in [2.45, 2.75) is 91.1 Å². The van der Waals surface area contributed by atoms with Crippen molar-refractivity contribution in [1.29, 1.82) is 0 Å². The fourth-order valence-corrected chi connectivity index (χ4v) is 7.68. The minimum Gasteiger partial charge on any atom is -0.394 e. The van der Waals surface area contributed by atoms with Gasteiger partial charge in [0.25, 0.3) is 0 Å². The Bertz CT molecular complexity index is 212. The Hall–Kier alpha value is 0.137.